The number of esters is 1. The molecule has 16 heteroatoms. The van der Waals surface area contributed by atoms with Crippen LogP contribution in [0.15, 0.2) is 57.0 Å². The normalized spacial score (nSPS) is 24.6. The summed E-state index contributed by atoms with van der Waals surface area (Å²) >= 11 is 1.43. The van der Waals surface area contributed by atoms with E-state index in [4.69, 9.17) is 18.5 Å². The van der Waals surface area contributed by atoms with Crippen LogP contribution in [0.2, 0.25) is 0 Å². The van der Waals surface area contributed by atoms with E-state index in [1.165, 1.54) is 30.4 Å². The zero-order valence-electron chi connectivity index (χ0n) is 22.6. The number of nitrogens with one attached hydrogen (secondary N) is 2. The number of nitrogens with zero attached hydrogens (tertiary/aromatic N) is 2. The molecule has 1 aliphatic rings. The molecule has 0 radical (unpaired) electrons. The summed E-state index contributed by atoms with van der Waals surface area (Å²) < 4.78 is 52.2. The van der Waals surface area contributed by atoms with Crippen LogP contribution in [0.5, 0.6) is 5.75 Å². The number of carbonyl (C=O) groups is 1. The summed E-state index contributed by atoms with van der Waals surface area (Å²) in [5.74, 6) is -0.609. The Bertz CT molecular complexity index is 1510. The molecule has 222 valence electrons. The number of thiazole rings is 1. The summed E-state index contributed by atoms with van der Waals surface area (Å²) in [7, 11) is -4.39. The highest BCUT2D eigenvalue weighted by Crippen LogP contribution is 2.47. The lowest BCUT2D eigenvalue weighted by molar-refractivity contribution is -0.149. The van der Waals surface area contributed by atoms with Crippen LogP contribution in [-0.2, 0) is 23.4 Å². The van der Waals surface area contributed by atoms with E-state index in [9.17, 15) is 24.1 Å². The highest BCUT2D eigenvalue weighted by Gasteiger charge is 2.56. The number of carbonyl (C=O) groups excluding carboxylic acids is 1. The van der Waals surface area contributed by atoms with E-state index >= 15 is 4.39 Å². The van der Waals surface area contributed by atoms with Crippen LogP contribution >= 0.6 is 19.1 Å². The maximum absolute atomic E-state index is 15.6. The van der Waals surface area contributed by atoms with Gasteiger partial charge in [0.2, 0.25) is 0 Å². The second-order valence-corrected chi connectivity index (χ2v) is 12.2. The van der Waals surface area contributed by atoms with Crippen molar-refractivity contribution < 1.29 is 37.4 Å². The smallest absolute Gasteiger partial charge is 0.459 e. The number of aromatic amines is 1. The Hall–Kier alpha value is -3.20. The van der Waals surface area contributed by atoms with Crippen molar-refractivity contribution >= 4 is 25.1 Å². The third-order valence-electron chi connectivity index (χ3n) is 6.09. The summed E-state index contributed by atoms with van der Waals surface area (Å²) in [6.07, 6.45) is -4.30. The highest BCUT2D eigenvalue weighted by molar-refractivity contribution is 7.52. The van der Waals surface area contributed by atoms with Crippen molar-refractivity contribution in [3.05, 3.63) is 68.3 Å². The molecule has 3 N–H and O–H groups in total. The van der Waals surface area contributed by atoms with Gasteiger partial charge < -0.3 is 19.1 Å². The van der Waals surface area contributed by atoms with Crippen molar-refractivity contribution in [1.82, 2.24) is 19.6 Å². The molecule has 1 saturated heterocycles. The van der Waals surface area contributed by atoms with Gasteiger partial charge in [-0.1, -0.05) is 0 Å². The SMILES string of the molecule is CC(C)OC(=O)[C@H](C)NP(=O)(OC[C@H]1O[C@@H](n2ccc(=O)[nH]c2=O)[C@](C)(F)[C@@H]1O)Oc1ccc(-c2cscn2)cc1. The second kappa shape index (κ2) is 12.3. The number of rotatable bonds is 11. The summed E-state index contributed by atoms with van der Waals surface area (Å²) in [6.45, 7) is 5.05. The zero-order valence-corrected chi connectivity index (χ0v) is 24.3. The molecule has 4 rings (SSSR count). The Balaban J connectivity index is 1.54. The Morgan fingerprint density at radius 3 is 2.61 bits per heavy atom. The third kappa shape index (κ3) is 7.18. The molecule has 41 heavy (non-hydrogen) atoms. The average molecular weight is 613 g/mol. The van der Waals surface area contributed by atoms with Crippen LogP contribution in [0.1, 0.15) is 33.9 Å². The van der Waals surface area contributed by atoms with Crippen LogP contribution in [0.3, 0.4) is 0 Å². The van der Waals surface area contributed by atoms with Gasteiger partial charge in [0.1, 0.15) is 24.0 Å². The minimum atomic E-state index is -4.39. The monoisotopic (exact) mass is 612 g/mol. The van der Waals surface area contributed by atoms with Crippen molar-refractivity contribution in [3.8, 4) is 17.0 Å². The summed E-state index contributed by atoms with van der Waals surface area (Å²) in [6, 6.07) is 6.29. The van der Waals surface area contributed by atoms with Gasteiger partial charge in [0.05, 0.1) is 23.9 Å². The number of aliphatic hydroxyl groups excluding tert-OH is 1. The highest BCUT2D eigenvalue weighted by atomic mass is 32.1. The van der Waals surface area contributed by atoms with E-state index in [1.54, 1.807) is 31.5 Å². The van der Waals surface area contributed by atoms with Crippen LogP contribution in [0.25, 0.3) is 11.3 Å². The molecule has 1 aliphatic heterocycles. The van der Waals surface area contributed by atoms with Gasteiger partial charge in [-0.15, -0.1) is 11.3 Å². The molecule has 13 nitrogen and oxygen atoms in total. The number of alkyl halides is 1. The number of benzene rings is 1. The predicted octanol–water partition coefficient (Wildman–Crippen LogP) is 2.78. The standard InChI is InChI=1S/C25H30FN4O9PS/c1-14(2)37-22(33)15(3)29-40(35,39-17-7-5-16(6-8-17)18-12-41-13-27-18)36-11-19-21(32)25(4,26)23(38-19)30-10-9-20(31)28-24(30)34/h5-10,12-15,19,21,23,32H,11H2,1-4H3,(H,29,35)(H,28,31,34)/t15-,19+,21+,23+,25+,40?/m0/s1. The van der Waals surface area contributed by atoms with Gasteiger partial charge in [-0.3, -0.25) is 23.7 Å². The maximum atomic E-state index is 15.6. The fraction of sp³-hybridized carbons (Fsp3) is 0.440. The summed E-state index contributed by atoms with van der Waals surface area (Å²) in [4.78, 5) is 42.3. The number of halogens is 1. The molecule has 0 saturated carbocycles. The molecule has 0 bridgehead atoms. The Kier molecular flexibility index (Phi) is 9.26. The van der Waals surface area contributed by atoms with Crippen LogP contribution < -0.4 is 20.9 Å². The minimum absolute atomic E-state index is 0.116. The first-order valence-electron chi connectivity index (χ1n) is 12.5. The number of hydrogen-bond donors (Lipinski definition) is 3. The van der Waals surface area contributed by atoms with Gasteiger partial charge in [0.15, 0.2) is 11.9 Å². The Morgan fingerprint density at radius 2 is 2.00 bits per heavy atom. The van der Waals surface area contributed by atoms with E-state index in [2.05, 4.69) is 10.1 Å². The number of aliphatic hydroxyl groups is 1. The fourth-order valence-corrected chi connectivity index (χ4v) is 6.09. The lowest BCUT2D eigenvalue weighted by Crippen LogP contribution is -2.43. The van der Waals surface area contributed by atoms with Crippen LogP contribution in [-0.4, -0.2) is 62.2 Å². The first-order chi connectivity index (χ1) is 19.3. The van der Waals surface area contributed by atoms with Crippen LogP contribution in [0.4, 0.5) is 4.39 Å². The molecule has 1 fully saturated rings. The Labute approximate surface area is 237 Å². The molecule has 0 aliphatic carbocycles. The third-order valence-corrected chi connectivity index (χ3v) is 8.32. The van der Waals surface area contributed by atoms with Crippen molar-refractivity contribution in [2.45, 2.75) is 63.9 Å². The van der Waals surface area contributed by atoms with Gasteiger partial charge in [-0.2, -0.15) is 5.09 Å². The lowest BCUT2D eigenvalue weighted by atomic mass is 9.98. The maximum Gasteiger partial charge on any atom is 0.459 e. The molecule has 1 aromatic carbocycles. The average Bonchev–Trinajstić information content (AvgIpc) is 3.51. The molecule has 0 amide bonds. The van der Waals surface area contributed by atoms with Gasteiger partial charge in [0, 0.05) is 23.2 Å². The molecule has 2 aromatic heterocycles. The quantitative estimate of drug-likeness (QED) is 0.215. The van der Waals surface area contributed by atoms with E-state index in [0.29, 0.717) is 0 Å². The lowest BCUT2D eigenvalue weighted by Gasteiger charge is -2.25. The molecule has 1 unspecified atom stereocenters. The van der Waals surface area contributed by atoms with Crippen molar-refractivity contribution in [3.63, 3.8) is 0 Å². The predicted molar refractivity (Wildman–Crippen MR) is 146 cm³/mol. The molecule has 0 spiro atoms. The first-order valence-corrected chi connectivity index (χ1v) is 15.0. The number of H-pyrrole nitrogens is 1. The molecule has 6 atom stereocenters. The molecular formula is C25H30FN4O9PS. The topological polar surface area (TPSA) is 171 Å². The van der Waals surface area contributed by atoms with Crippen molar-refractivity contribution in [2.24, 2.45) is 0 Å². The van der Waals surface area contributed by atoms with E-state index in [-0.39, 0.29) is 5.75 Å². The summed E-state index contributed by atoms with van der Waals surface area (Å²) in [5.41, 5.74) is -0.947. The van der Waals surface area contributed by atoms with Gasteiger partial charge in [0.25, 0.3) is 5.56 Å². The summed E-state index contributed by atoms with van der Waals surface area (Å²) in [5, 5.41) is 15.0. The molecular weight excluding hydrogens is 582 g/mol. The van der Waals surface area contributed by atoms with Gasteiger partial charge >= 0.3 is 19.4 Å². The minimum Gasteiger partial charge on any atom is -0.462 e. The van der Waals surface area contributed by atoms with Gasteiger partial charge in [-0.25, -0.2) is 18.7 Å². The van der Waals surface area contributed by atoms with E-state index in [0.717, 1.165) is 35.0 Å². The number of hydrogen-bond acceptors (Lipinski definition) is 11. The van der Waals surface area contributed by atoms with Crippen molar-refractivity contribution in [2.75, 3.05) is 6.61 Å². The molecule has 3 aromatic rings. The van der Waals surface area contributed by atoms with Crippen LogP contribution in [0, 0.1) is 0 Å². The first kappa shape index (κ1) is 30.8. The van der Waals surface area contributed by atoms with E-state index in [1.807, 2.05) is 10.4 Å². The largest absolute Gasteiger partial charge is 0.462 e. The zero-order chi connectivity index (χ0) is 29.9. The van der Waals surface area contributed by atoms with E-state index < -0.39 is 67.8 Å². The van der Waals surface area contributed by atoms with Gasteiger partial charge in [-0.05, 0) is 52.0 Å². The number of ether oxygens (including phenoxy) is 2. The molecule has 3 heterocycles. The number of aromatic nitrogens is 3. The fourth-order valence-electron chi connectivity index (χ4n) is 4.03. The van der Waals surface area contributed by atoms with Crippen molar-refractivity contribution in [1.29, 1.82) is 0 Å². The second-order valence-electron chi connectivity index (χ2n) is 9.76. The Morgan fingerprint density at radius 1 is 1.29 bits per heavy atom.